The summed E-state index contributed by atoms with van der Waals surface area (Å²) in [5.41, 5.74) is 23.4. The van der Waals surface area contributed by atoms with Crippen molar-refractivity contribution in [3.8, 4) is 0 Å². The molecule has 0 bridgehead atoms. The molecular weight excluding hydrogens is 1430 g/mol. The number of benzene rings is 5. The molecule has 4 N–H and O–H groups in total. The number of aryl methyl sites for hydroxylation is 5. The van der Waals surface area contributed by atoms with Crippen LogP contribution in [0.2, 0.25) is 0 Å². The van der Waals surface area contributed by atoms with Crippen molar-refractivity contribution in [2.75, 3.05) is 92.5 Å². The fourth-order valence-corrected chi connectivity index (χ4v) is 16.3. The summed E-state index contributed by atoms with van der Waals surface area (Å²) in [7, 11) is -8.05. The first-order chi connectivity index (χ1) is 48.0. The molecule has 0 aromatic heterocycles. The van der Waals surface area contributed by atoms with Crippen LogP contribution in [0.1, 0.15) is 229 Å². The summed E-state index contributed by atoms with van der Waals surface area (Å²) >= 11 is 0. The van der Waals surface area contributed by atoms with Gasteiger partial charge >= 0.3 is 7.12 Å². The molecule has 20 heteroatoms. The maximum absolute atomic E-state index is 12.9. The average molecular weight is 1560 g/mol. The van der Waals surface area contributed by atoms with Crippen molar-refractivity contribution in [3.63, 3.8) is 0 Å². The first-order valence-corrected chi connectivity index (χ1v) is 39.5. The molecule has 3 saturated heterocycles. The molecule has 5 aromatic carbocycles. The molecule has 10 rings (SSSR count). The van der Waals surface area contributed by atoms with Gasteiger partial charge in [-0.2, -0.15) is 16.8 Å². The van der Waals surface area contributed by atoms with E-state index >= 15 is 0 Å². The van der Waals surface area contributed by atoms with Gasteiger partial charge in [0.05, 0.1) is 60.6 Å². The number of aliphatic hydroxyl groups excluding tert-OH is 4. The van der Waals surface area contributed by atoms with Gasteiger partial charge in [0.15, 0.2) is 0 Å². The van der Waals surface area contributed by atoms with E-state index in [4.69, 9.17) is 36.6 Å². The molecule has 5 aliphatic rings. The van der Waals surface area contributed by atoms with Gasteiger partial charge in [-0.3, -0.25) is 8.37 Å². The Morgan fingerprint density at radius 3 is 1.17 bits per heavy atom. The summed E-state index contributed by atoms with van der Waals surface area (Å²) in [4.78, 5) is 0.226. The first kappa shape index (κ1) is 89.4. The van der Waals surface area contributed by atoms with Gasteiger partial charge in [-0.1, -0.05) is 65.7 Å². The van der Waals surface area contributed by atoms with Crippen molar-refractivity contribution < 1.29 is 94.3 Å². The standard InChI is InChI=1S/C33H42O7S2.C19H30O3.C19H28O3.C11H19BO3.CH3.Pd/c1-23-6-10-30(11-7-23)41(34,35)39-20-16-28(17-21-40-42(36,37)31-12-8-24(2)9-13-31)32-22-25(3)26(4)27(5)33(32)29-14-18-38-19-15-29;2*1-13-12-18(16(4-8-20)5-9-21)19(15(3)14(13)2)17-6-10-22-11-7-17;1-10(2)11(3,4)15-12(14-10)9-5-7-13-8-6-9;;/h6-13,22,28-29H,14-21H2,1-5H3;12,16-17,20-21H,4-11H2,1-3H3;6,12,16,20-21H,4-5,7-11H2,1-3H3;5H,6-8H2,1-4H3;1H3;/q;;;;-1;. The van der Waals surface area contributed by atoms with Gasteiger partial charge in [0.2, 0.25) is 0 Å². The van der Waals surface area contributed by atoms with Crippen LogP contribution in [0.5, 0.6) is 0 Å². The molecule has 0 saturated carbocycles. The smallest absolute Gasteiger partial charge is 0.400 e. The van der Waals surface area contributed by atoms with E-state index < -0.39 is 20.2 Å². The summed E-state index contributed by atoms with van der Waals surface area (Å²) in [5.74, 6) is 1.12. The van der Waals surface area contributed by atoms with Crippen LogP contribution in [0, 0.1) is 83.6 Å². The molecule has 0 atom stereocenters. The molecule has 0 radical (unpaired) electrons. The van der Waals surface area contributed by atoms with Gasteiger partial charge in [-0.25, -0.2) is 0 Å². The van der Waals surface area contributed by atoms with Gasteiger partial charge in [0.25, 0.3) is 20.2 Å². The van der Waals surface area contributed by atoms with E-state index in [0.29, 0.717) is 63.9 Å². The van der Waals surface area contributed by atoms with Crippen LogP contribution in [-0.4, -0.2) is 148 Å². The van der Waals surface area contributed by atoms with Crippen molar-refractivity contribution in [2.45, 2.75) is 231 Å². The van der Waals surface area contributed by atoms with Crippen LogP contribution >= 0.6 is 0 Å². The zero-order chi connectivity index (χ0) is 73.8. The number of hydrogen-bond acceptors (Lipinski definition) is 16. The molecule has 0 spiro atoms. The topological polar surface area (TPSA) is 223 Å². The van der Waals surface area contributed by atoms with Gasteiger partial charge in [-0.15, -0.1) is 0 Å². The normalized spacial score (nSPS) is 17.1. The fraction of sp³-hybridized carbons (Fsp3) is 0.578. The predicted molar refractivity (Wildman–Crippen MR) is 410 cm³/mol. The Kier molecular flexibility index (Phi) is 36.3. The molecule has 5 aliphatic heterocycles. The largest absolute Gasteiger partial charge is 0.490 e. The van der Waals surface area contributed by atoms with Crippen molar-refractivity contribution in [3.05, 3.63) is 186 Å². The van der Waals surface area contributed by atoms with Crippen molar-refractivity contribution in [2.24, 2.45) is 0 Å². The summed E-state index contributed by atoms with van der Waals surface area (Å²) in [6.45, 7) is 38.0. The van der Waals surface area contributed by atoms with Crippen LogP contribution in [0.15, 0.2) is 94.1 Å². The minimum Gasteiger partial charge on any atom is -0.400 e. The Morgan fingerprint density at radius 1 is 0.456 bits per heavy atom. The first-order valence-electron chi connectivity index (χ1n) is 36.7. The van der Waals surface area contributed by atoms with E-state index in [-0.39, 0.29) is 113 Å². The van der Waals surface area contributed by atoms with Crippen molar-refractivity contribution in [1.82, 2.24) is 0 Å². The van der Waals surface area contributed by atoms with Crippen LogP contribution in [0.25, 0.3) is 5.57 Å². The van der Waals surface area contributed by atoms with Crippen LogP contribution in [0.3, 0.4) is 0 Å². The summed E-state index contributed by atoms with van der Waals surface area (Å²) < 4.78 is 96.5. The zero-order valence-electron chi connectivity index (χ0n) is 64.7. The molecule has 5 heterocycles. The third kappa shape index (κ3) is 24.1. The van der Waals surface area contributed by atoms with Crippen LogP contribution < -0.4 is 0 Å². The van der Waals surface area contributed by atoms with Crippen LogP contribution in [-0.2, 0) is 77.3 Å². The number of aliphatic hydroxyl groups is 4. The quantitative estimate of drug-likeness (QED) is 0.0242. The number of ether oxygens (including phenoxy) is 4. The van der Waals surface area contributed by atoms with E-state index in [0.717, 1.165) is 100 Å². The summed E-state index contributed by atoms with van der Waals surface area (Å²) in [6.07, 6.45) is 13.6. The molecule has 576 valence electrons. The number of hydrogen-bond donors (Lipinski definition) is 4. The Balaban J connectivity index is 0.000000265. The van der Waals surface area contributed by atoms with Gasteiger partial charge < -0.3 is 56.1 Å². The van der Waals surface area contributed by atoms with Gasteiger partial charge in [0, 0.05) is 73.3 Å². The molecule has 103 heavy (non-hydrogen) atoms. The second-order valence-corrected chi connectivity index (χ2v) is 32.4. The third-order valence-corrected chi connectivity index (χ3v) is 24.7. The minimum atomic E-state index is -3.94. The van der Waals surface area contributed by atoms with Crippen molar-refractivity contribution >= 4 is 32.9 Å². The fourth-order valence-electron chi connectivity index (χ4n) is 14.5. The van der Waals surface area contributed by atoms with Crippen LogP contribution in [0.4, 0.5) is 0 Å². The molecule has 0 amide bonds. The Hall–Kier alpha value is -4.27. The molecule has 0 unspecified atom stereocenters. The summed E-state index contributed by atoms with van der Waals surface area (Å²) in [5, 5.41) is 37.6. The second-order valence-electron chi connectivity index (χ2n) is 29.2. The minimum absolute atomic E-state index is 0. The zero-order valence-corrected chi connectivity index (χ0v) is 67.9. The molecule has 0 aliphatic carbocycles. The summed E-state index contributed by atoms with van der Waals surface area (Å²) in [6, 6.07) is 19.9. The Bertz CT molecular complexity index is 3670. The Labute approximate surface area is 633 Å². The van der Waals surface area contributed by atoms with Crippen molar-refractivity contribution in [1.29, 1.82) is 0 Å². The number of rotatable bonds is 25. The molecule has 5 aromatic rings. The molecule has 3 fully saturated rings. The predicted octanol–water partition coefficient (Wildman–Crippen LogP) is 15.8. The van der Waals surface area contributed by atoms with Gasteiger partial charge in [-0.05, 0) is 329 Å². The molecular formula is C83H122BO16PdS2-. The van der Waals surface area contributed by atoms with E-state index in [1.54, 1.807) is 48.5 Å². The third-order valence-electron chi connectivity index (χ3n) is 22.0. The maximum Gasteiger partial charge on any atom is 0.490 e. The van der Waals surface area contributed by atoms with Gasteiger partial charge in [0.1, 0.15) is 0 Å². The van der Waals surface area contributed by atoms with E-state index in [1.165, 1.54) is 83.4 Å². The Morgan fingerprint density at radius 2 is 0.806 bits per heavy atom. The monoisotopic (exact) mass is 1560 g/mol. The van der Waals surface area contributed by atoms with E-state index in [1.807, 2.05) is 13.8 Å². The van der Waals surface area contributed by atoms with E-state index in [2.05, 4.69) is 120 Å². The average Bonchev–Trinajstić information content (AvgIpc) is 1.69. The van der Waals surface area contributed by atoms with E-state index in [9.17, 15) is 37.3 Å². The maximum atomic E-state index is 12.9. The molecule has 16 nitrogen and oxygen atoms in total. The SMILES string of the molecule is CC1(C)OB(C2=CCOCC2)OC1(C)C.Cc1cc(C(CCO)CCO)c(C2=CCOCC2)c(C)c1C.Cc1cc(C(CCO)CCO)c(C2CCOCC2)c(C)c1C.Cc1ccc(S(=O)(=O)OCCC(CCOS(=O)(=O)c2ccc(C)cc2)c2cc(C)c(C)c(C)c2C2CCOCC2)cc1.[CH3-].[Pd]. The second kappa shape index (κ2) is 41.9.